The number of carbonyl (C=O) groups is 2. The molecule has 0 atom stereocenters. The molecule has 1 amide bonds. The highest BCUT2D eigenvalue weighted by Gasteiger charge is 2.33. The van der Waals surface area contributed by atoms with Crippen LogP contribution in [0.3, 0.4) is 0 Å². The number of alkyl halides is 3. The van der Waals surface area contributed by atoms with E-state index in [1.807, 2.05) is 0 Å². The summed E-state index contributed by atoms with van der Waals surface area (Å²) in [5, 5.41) is 12.0. The molecule has 33 heavy (non-hydrogen) atoms. The molecule has 0 aliphatic carbocycles. The number of rotatable bonds is 5. The summed E-state index contributed by atoms with van der Waals surface area (Å²) in [6, 6.07) is 18.1. The van der Waals surface area contributed by atoms with Crippen LogP contribution in [0, 0.1) is 11.3 Å². The van der Waals surface area contributed by atoms with Crippen molar-refractivity contribution in [2.24, 2.45) is 0 Å². The molecular formula is C24H14ClF3N2O3. The highest BCUT2D eigenvalue weighted by molar-refractivity contribution is 6.30. The molecule has 0 unspecified atom stereocenters. The van der Waals surface area contributed by atoms with Gasteiger partial charge >= 0.3 is 12.1 Å². The van der Waals surface area contributed by atoms with Gasteiger partial charge < -0.3 is 10.1 Å². The average Bonchev–Trinajstić information content (AvgIpc) is 2.78. The van der Waals surface area contributed by atoms with Gasteiger partial charge in [-0.15, -0.1) is 0 Å². The maximum atomic E-state index is 13.2. The molecule has 1 N–H and O–H groups in total. The normalized spacial score (nSPS) is 11.4. The fraction of sp³-hybridized carbons (Fsp3) is 0.0417. The maximum Gasteiger partial charge on any atom is 0.418 e. The molecule has 0 heterocycles. The Balaban J connectivity index is 1.86. The molecule has 0 aliphatic rings. The Labute approximate surface area is 191 Å². The highest BCUT2D eigenvalue weighted by atomic mass is 35.5. The van der Waals surface area contributed by atoms with Crippen molar-refractivity contribution in [2.75, 3.05) is 5.32 Å². The van der Waals surface area contributed by atoms with E-state index in [1.54, 1.807) is 18.2 Å². The molecule has 0 fully saturated rings. The molecule has 0 aliphatic heterocycles. The van der Waals surface area contributed by atoms with Crippen LogP contribution in [0.5, 0.6) is 5.75 Å². The lowest BCUT2D eigenvalue weighted by atomic mass is 10.1. The number of ether oxygens (including phenoxy) is 1. The van der Waals surface area contributed by atoms with Gasteiger partial charge in [0, 0.05) is 10.6 Å². The van der Waals surface area contributed by atoms with Crippen molar-refractivity contribution >= 4 is 35.2 Å². The maximum absolute atomic E-state index is 13.2. The predicted octanol–water partition coefficient (Wildman–Crippen LogP) is 6.12. The molecule has 166 valence electrons. The number of hydrogen-bond donors (Lipinski definition) is 1. The Kier molecular flexibility index (Phi) is 7.16. The van der Waals surface area contributed by atoms with Crippen molar-refractivity contribution in [3.05, 3.63) is 100 Å². The minimum atomic E-state index is -4.69. The van der Waals surface area contributed by atoms with Gasteiger partial charge in [-0.25, -0.2) is 4.79 Å². The lowest BCUT2D eigenvalue weighted by molar-refractivity contribution is -0.137. The molecule has 3 aromatic rings. The van der Waals surface area contributed by atoms with E-state index >= 15 is 0 Å². The fourth-order valence-corrected chi connectivity index (χ4v) is 2.90. The molecule has 3 rings (SSSR count). The van der Waals surface area contributed by atoms with Gasteiger partial charge in [0.25, 0.3) is 5.91 Å². The minimum absolute atomic E-state index is 0.0497. The first kappa shape index (κ1) is 23.6. The Morgan fingerprint density at radius 2 is 1.61 bits per heavy atom. The summed E-state index contributed by atoms with van der Waals surface area (Å²) < 4.78 is 44.9. The van der Waals surface area contributed by atoms with Crippen molar-refractivity contribution in [2.45, 2.75) is 6.18 Å². The second kappa shape index (κ2) is 10.0. The quantitative estimate of drug-likeness (QED) is 0.211. The standard InChI is InChI=1S/C24H14ClF3N2O3/c25-18-11-9-15(10-12-18)23(32)33-21-8-4-1-5-16(21)13-17(14-29)22(31)30-20-7-3-2-6-19(20)24(26,27)28/h1-13H,(H,30,31)/b17-13+. The molecular weight excluding hydrogens is 457 g/mol. The van der Waals surface area contributed by atoms with Crippen LogP contribution in [-0.4, -0.2) is 11.9 Å². The van der Waals surface area contributed by atoms with Crippen molar-refractivity contribution in [1.29, 1.82) is 5.26 Å². The summed E-state index contributed by atoms with van der Waals surface area (Å²) in [6.07, 6.45) is -3.57. The van der Waals surface area contributed by atoms with Crippen molar-refractivity contribution in [3.63, 3.8) is 0 Å². The van der Waals surface area contributed by atoms with Gasteiger partial charge in [-0.1, -0.05) is 41.9 Å². The summed E-state index contributed by atoms with van der Waals surface area (Å²) in [5.74, 6) is -1.70. The number of benzene rings is 3. The molecule has 0 aromatic heterocycles. The summed E-state index contributed by atoms with van der Waals surface area (Å²) in [7, 11) is 0. The molecule has 3 aromatic carbocycles. The topological polar surface area (TPSA) is 79.2 Å². The van der Waals surface area contributed by atoms with E-state index in [2.05, 4.69) is 5.32 Å². The van der Waals surface area contributed by atoms with Gasteiger partial charge in [0.15, 0.2) is 0 Å². The van der Waals surface area contributed by atoms with Gasteiger partial charge in [0.05, 0.1) is 16.8 Å². The number of para-hydroxylation sites is 2. The molecule has 9 heteroatoms. The van der Waals surface area contributed by atoms with E-state index in [1.165, 1.54) is 48.5 Å². The van der Waals surface area contributed by atoms with Crippen LogP contribution < -0.4 is 10.1 Å². The minimum Gasteiger partial charge on any atom is -0.422 e. The zero-order valence-corrected chi connectivity index (χ0v) is 17.4. The number of amides is 1. The molecule has 5 nitrogen and oxygen atoms in total. The van der Waals surface area contributed by atoms with E-state index in [4.69, 9.17) is 16.3 Å². The SMILES string of the molecule is N#C/C(=C\c1ccccc1OC(=O)c1ccc(Cl)cc1)C(=O)Nc1ccccc1C(F)(F)F. The smallest absolute Gasteiger partial charge is 0.418 e. The number of halogens is 4. The second-order valence-electron chi connectivity index (χ2n) is 6.60. The molecule has 0 saturated carbocycles. The second-order valence-corrected chi connectivity index (χ2v) is 7.04. The third kappa shape index (κ3) is 5.99. The van der Waals surface area contributed by atoms with Crippen LogP contribution in [0.4, 0.5) is 18.9 Å². The Morgan fingerprint density at radius 3 is 2.27 bits per heavy atom. The van der Waals surface area contributed by atoms with Gasteiger partial charge in [-0.3, -0.25) is 4.79 Å². The zero-order chi connectivity index (χ0) is 24.0. The monoisotopic (exact) mass is 470 g/mol. The average molecular weight is 471 g/mol. The van der Waals surface area contributed by atoms with Crippen LogP contribution in [0.1, 0.15) is 21.5 Å². The number of nitrogens with one attached hydrogen (secondary N) is 1. The summed E-state index contributed by atoms with van der Waals surface area (Å²) >= 11 is 5.81. The molecule has 0 radical (unpaired) electrons. The third-order valence-electron chi connectivity index (χ3n) is 4.35. The number of nitrogens with zero attached hydrogens (tertiary/aromatic N) is 1. The van der Waals surface area contributed by atoms with Crippen LogP contribution in [0.25, 0.3) is 6.08 Å². The van der Waals surface area contributed by atoms with Crippen molar-refractivity contribution < 1.29 is 27.5 Å². The summed E-state index contributed by atoms with van der Waals surface area (Å²) in [5.41, 5.74) is -1.59. The van der Waals surface area contributed by atoms with E-state index < -0.39 is 34.9 Å². The van der Waals surface area contributed by atoms with Crippen LogP contribution in [-0.2, 0) is 11.0 Å². The molecule has 0 bridgehead atoms. The first-order chi connectivity index (χ1) is 15.7. The Bertz CT molecular complexity index is 1260. The number of anilines is 1. The first-order valence-electron chi connectivity index (χ1n) is 9.35. The van der Waals surface area contributed by atoms with Crippen molar-refractivity contribution in [1.82, 2.24) is 0 Å². The van der Waals surface area contributed by atoms with Gasteiger partial charge in [-0.2, -0.15) is 18.4 Å². The number of carbonyl (C=O) groups excluding carboxylic acids is 2. The van der Waals surface area contributed by atoms with E-state index in [9.17, 15) is 28.0 Å². The Hall–Kier alpha value is -4.09. The zero-order valence-electron chi connectivity index (χ0n) is 16.7. The highest BCUT2D eigenvalue weighted by Crippen LogP contribution is 2.34. The number of nitriles is 1. The van der Waals surface area contributed by atoms with Gasteiger partial charge in [0.1, 0.15) is 17.4 Å². The van der Waals surface area contributed by atoms with Crippen LogP contribution in [0.2, 0.25) is 5.02 Å². The fourth-order valence-electron chi connectivity index (χ4n) is 2.77. The van der Waals surface area contributed by atoms with Crippen molar-refractivity contribution in [3.8, 4) is 11.8 Å². The lowest BCUT2D eigenvalue weighted by Crippen LogP contribution is -2.17. The molecule has 0 spiro atoms. The largest absolute Gasteiger partial charge is 0.422 e. The Morgan fingerprint density at radius 1 is 0.970 bits per heavy atom. The van der Waals surface area contributed by atoms with Crippen LogP contribution in [0.15, 0.2) is 78.4 Å². The van der Waals surface area contributed by atoms with Gasteiger partial charge in [-0.05, 0) is 48.5 Å². The van der Waals surface area contributed by atoms with E-state index in [-0.39, 0.29) is 16.9 Å². The van der Waals surface area contributed by atoms with E-state index in [0.717, 1.165) is 18.2 Å². The number of hydrogen-bond acceptors (Lipinski definition) is 4. The van der Waals surface area contributed by atoms with Crippen LogP contribution >= 0.6 is 11.6 Å². The molecule has 0 saturated heterocycles. The lowest BCUT2D eigenvalue weighted by Gasteiger charge is -2.13. The third-order valence-corrected chi connectivity index (χ3v) is 4.60. The predicted molar refractivity (Wildman–Crippen MR) is 117 cm³/mol. The first-order valence-corrected chi connectivity index (χ1v) is 9.73. The number of esters is 1. The van der Waals surface area contributed by atoms with E-state index in [0.29, 0.717) is 5.02 Å². The van der Waals surface area contributed by atoms with Gasteiger partial charge in [0.2, 0.25) is 0 Å². The summed E-state index contributed by atoms with van der Waals surface area (Å²) in [4.78, 5) is 24.9. The summed E-state index contributed by atoms with van der Waals surface area (Å²) in [6.45, 7) is 0.